The van der Waals surface area contributed by atoms with E-state index in [1.165, 1.54) is 16.2 Å². The first-order valence-electron chi connectivity index (χ1n) is 9.19. The molecule has 0 aliphatic carbocycles. The summed E-state index contributed by atoms with van der Waals surface area (Å²) in [5.41, 5.74) is 5.00. The molecule has 0 atom stereocenters. The number of amides is 2. The Hall–Kier alpha value is -2.79. The van der Waals surface area contributed by atoms with Crippen molar-refractivity contribution in [1.29, 1.82) is 0 Å². The van der Waals surface area contributed by atoms with Crippen LogP contribution in [0.25, 0.3) is 11.6 Å². The van der Waals surface area contributed by atoms with Gasteiger partial charge in [-0.2, -0.15) is 0 Å². The van der Waals surface area contributed by atoms with E-state index in [0.717, 1.165) is 22.9 Å². The van der Waals surface area contributed by atoms with Crippen molar-refractivity contribution in [3.8, 4) is 0 Å². The smallest absolute Gasteiger partial charge is 0.298 e. The molecule has 0 aromatic heterocycles. The molecular weight excluding hydrogens is 368 g/mol. The van der Waals surface area contributed by atoms with Crippen molar-refractivity contribution in [2.75, 3.05) is 16.8 Å². The van der Waals surface area contributed by atoms with Crippen molar-refractivity contribution in [3.05, 3.63) is 70.6 Å². The van der Waals surface area contributed by atoms with Crippen molar-refractivity contribution in [2.45, 2.75) is 26.3 Å². The number of benzene rings is 2. The molecule has 2 aliphatic rings. The number of carbonyl (C=O) groups excluding carboxylic acids is 2. The standard InChI is InChI=1S/C23H22N2O2S/c1-15-14-23(2,3)24(4)19-11-10-16(12-18(15)19)13-20-21(26)25(22(27)28-20)17-8-6-5-7-9-17/h5-14H,1-4H3/b20-13-. The number of hydrogen-bond donors (Lipinski definition) is 0. The highest BCUT2D eigenvalue weighted by molar-refractivity contribution is 8.19. The van der Waals surface area contributed by atoms with Crippen LogP contribution in [0.4, 0.5) is 16.2 Å². The number of imide groups is 1. The maximum absolute atomic E-state index is 12.8. The summed E-state index contributed by atoms with van der Waals surface area (Å²) in [4.78, 5) is 29.1. The Morgan fingerprint density at radius 2 is 1.75 bits per heavy atom. The van der Waals surface area contributed by atoms with Crippen LogP contribution < -0.4 is 9.80 Å². The minimum absolute atomic E-state index is 0.0447. The Balaban J connectivity index is 1.69. The lowest BCUT2D eigenvalue weighted by atomic mass is 9.88. The maximum Gasteiger partial charge on any atom is 0.298 e. The molecule has 0 unspecified atom stereocenters. The molecule has 28 heavy (non-hydrogen) atoms. The number of hydrogen-bond acceptors (Lipinski definition) is 4. The van der Waals surface area contributed by atoms with Crippen LogP contribution in [0, 0.1) is 0 Å². The SMILES string of the molecule is CC1=CC(C)(C)N(C)c2ccc(/C=C3\SC(=O)N(c4ccccc4)C3=O)cc21. The largest absolute Gasteiger partial charge is 0.366 e. The van der Waals surface area contributed by atoms with Crippen LogP contribution >= 0.6 is 11.8 Å². The second-order valence-electron chi connectivity index (χ2n) is 7.67. The summed E-state index contributed by atoms with van der Waals surface area (Å²) in [6, 6.07) is 15.2. The third kappa shape index (κ3) is 3.06. The van der Waals surface area contributed by atoms with Crippen molar-refractivity contribution in [1.82, 2.24) is 0 Å². The second-order valence-corrected chi connectivity index (χ2v) is 8.66. The van der Waals surface area contributed by atoms with Gasteiger partial charge in [0.2, 0.25) is 0 Å². The molecule has 2 aromatic carbocycles. The van der Waals surface area contributed by atoms with Crippen LogP contribution in [-0.2, 0) is 4.79 Å². The molecule has 1 saturated heterocycles. The summed E-state index contributed by atoms with van der Waals surface area (Å²) < 4.78 is 0. The normalized spacial score (nSPS) is 19.9. The van der Waals surface area contributed by atoms with Crippen LogP contribution in [0.1, 0.15) is 31.9 Å². The van der Waals surface area contributed by atoms with Gasteiger partial charge in [0.05, 0.1) is 16.1 Å². The summed E-state index contributed by atoms with van der Waals surface area (Å²) in [6.07, 6.45) is 4.06. The number of nitrogens with zero attached hydrogens (tertiary/aromatic N) is 2. The van der Waals surface area contributed by atoms with E-state index in [1.54, 1.807) is 18.2 Å². The van der Waals surface area contributed by atoms with E-state index in [1.807, 2.05) is 24.3 Å². The minimum Gasteiger partial charge on any atom is -0.366 e. The van der Waals surface area contributed by atoms with Crippen molar-refractivity contribution < 1.29 is 9.59 Å². The molecular formula is C23H22N2O2S. The minimum atomic E-state index is -0.274. The van der Waals surface area contributed by atoms with Crippen LogP contribution in [0.15, 0.2) is 59.5 Å². The van der Waals surface area contributed by atoms with Crippen LogP contribution in [-0.4, -0.2) is 23.7 Å². The number of likely N-dealkylation sites (N-methyl/N-ethyl adjacent to an activating group) is 1. The van der Waals surface area contributed by atoms with Gasteiger partial charge in [0, 0.05) is 18.3 Å². The Morgan fingerprint density at radius 1 is 1.04 bits per heavy atom. The number of fused-ring (bicyclic) bond motifs is 1. The Bertz CT molecular complexity index is 1040. The third-order valence-corrected chi connectivity index (χ3v) is 6.22. The quantitative estimate of drug-likeness (QED) is 0.630. The van der Waals surface area contributed by atoms with Gasteiger partial charge in [-0.15, -0.1) is 0 Å². The predicted molar refractivity (Wildman–Crippen MR) is 117 cm³/mol. The van der Waals surface area contributed by atoms with Gasteiger partial charge in [0.15, 0.2) is 0 Å². The zero-order valence-corrected chi connectivity index (χ0v) is 17.2. The van der Waals surface area contributed by atoms with Crippen LogP contribution in [0.2, 0.25) is 0 Å². The lowest BCUT2D eigenvalue weighted by Gasteiger charge is -2.40. The molecule has 0 saturated carbocycles. The third-order valence-electron chi connectivity index (χ3n) is 5.35. The predicted octanol–water partition coefficient (Wildman–Crippen LogP) is 5.56. The number of para-hydroxylation sites is 1. The van der Waals surface area contributed by atoms with E-state index < -0.39 is 0 Å². The highest BCUT2D eigenvalue weighted by Crippen LogP contribution is 2.40. The molecule has 1 fully saturated rings. The number of carbonyl (C=O) groups is 2. The zero-order chi connectivity index (χ0) is 20.1. The maximum atomic E-state index is 12.8. The number of thioether (sulfide) groups is 1. The first kappa shape index (κ1) is 18.6. The summed E-state index contributed by atoms with van der Waals surface area (Å²) in [7, 11) is 2.09. The van der Waals surface area contributed by atoms with Crippen molar-refractivity contribution in [2.24, 2.45) is 0 Å². The molecule has 0 spiro atoms. The molecule has 0 N–H and O–H groups in total. The second kappa shape index (κ2) is 6.67. The fourth-order valence-electron chi connectivity index (χ4n) is 3.69. The zero-order valence-electron chi connectivity index (χ0n) is 16.4. The molecule has 2 aromatic rings. The van der Waals surface area contributed by atoms with Gasteiger partial charge >= 0.3 is 0 Å². The average Bonchev–Trinajstić information content (AvgIpc) is 2.93. The van der Waals surface area contributed by atoms with Crippen LogP contribution in [0.3, 0.4) is 0 Å². The molecule has 2 heterocycles. The molecule has 2 aliphatic heterocycles. The van der Waals surface area contributed by atoms with Gasteiger partial charge in [-0.05, 0) is 74.0 Å². The number of rotatable bonds is 2. The molecule has 5 heteroatoms. The molecule has 4 rings (SSSR count). The van der Waals surface area contributed by atoms with E-state index in [4.69, 9.17) is 0 Å². The van der Waals surface area contributed by atoms with Crippen LogP contribution in [0.5, 0.6) is 0 Å². The average molecular weight is 391 g/mol. The molecule has 4 nitrogen and oxygen atoms in total. The lowest BCUT2D eigenvalue weighted by Crippen LogP contribution is -2.42. The Morgan fingerprint density at radius 3 is 2.46 bits per heavy atom. The molecule has 142 valence electrons. The lowest BCUT2D eigenvalue weighted by molar-refractivity contribution is -0.113. The fourth-order valence-corrected chi connectivity index (χ4v) is 4.53. The van der Waals surface area contributed by atoms with E-state index in [-0.39, 0.29) is 16.7 Å². The highest BCUT2D eigenvalue weighted by atomic mass is 32.2. The van der Waals surface area contributed by atoms with E-state index >= 15 is 0 Å². The van der Waals surface area contributed by atoms with E-state index in [2.05, 4.69) is 50.9 Å². The van der Waals surface area contributed by atoms with Crippen molar-refractivity contribution >= 4 is 45.9 Å². The monoisotopic (exact) mass is 390 g/mol. The number of anilines is 2. The van der Waals surface area contributed by atoms with E-state index in [9.17, 15) is 9.59 Å². The first-order chi connectivity index (χ1) is 13.3. The highest BCUT2D eigenvalue weighted by Gasteiger charge is 2.36. The fraction of sp³-hybridized carbons (Fsp3) is 0.217. The summed E-state index contributed by atoms with van der Waals surface area (Å²) in [5.74, 6) is -0.274. The van der Waals surface area contributed by atoms with E-state index in [0.29, 0.717) is 10.6 Å². The van der Waals surface area contributed by atoms with Crippen molar-refractivity contribution in [3.63, 3.8) is 0 Å². The van der Waals surface area contributed by atoms with Gasteiger partial charge in [-0.1, -0.05) is 30.3 Å². The van der Waals surface area contributed by atoms with Gasteiger partial charge in [-0.25, -0.2) is 4.90 Å². The van der Waals surface area contributed by atoms with Gasteiger partial charge in [0.1, 0.15) is 0 Å². The van der Waals surface area contributed by atoms with Gasteiger partial charge < -0.3 is 4.90 Å². The molecule has 2 amide bonds. The summed E-state index contributed by atoms with van der Waals surface area (Å²) in [6.45, 7) is 6.49. The Labute approximate surface area is 169 Å². The van der Waals surface area contributed by atoms with Gasteiger partial charge in [-0.3, -0.25) is 9.59 Å². The Kier molecular flexibility index (Phi) is 4.42. The molecule has 0 radical (unpaired) electrons. The summed E-state index contributed by atoms with van der Waals surface area (Å²) >= 11 is 0.983. The topological polar surface area (TPSA) is 40.6 Å². The first-order valence-corrected chi connectivity index (χ1v) is 10.0. The summed E-state index contributed by atoms with van der Waals surface area (Å²) in [5, 5.41) is -0.266. The van der Waals surface area contributed by atoms with Gasteiger partial charge in [0.25, 0.3) is 11.1 Å². The number of allylic oxidation sites excluding steroid dienone is 1. The molecule has 0 bridgehead atoms.